The van der Waals surface area contributed by atoms with Gasteiger partial charge in [-0.2, -0.15) is 4.98 Å². The lowest BCUT2D eigenvalue weighted by Gasteiger charge is -2.30. The summed E-state index contributed by atoms with van der Waals surface area (Å²) >= 11 is 0. The fourth-order valence-electron chi connectivity index (χ4n) is 4.38. The van der Waals surface area contributed by atoms with Crippen molar-refractivity contribution in [2.45, 2.75) is 50.7 Å². The minimum Gasteiger partial charge on any atom is -0.393 e. The molecule has 0 radical (unpaired) electrons. The molecule has 32 heavy (non-hydrogen) atoms. The molecular weight excluding hydrogens is 416 g/mol. The fraction of sp³-hybridized carbons (Fsp3) is 0.522. The molecule has 1 aromatic heterocycles. The summed E-state index contributed by atoms with van der Waals surface area (Å²) in [4.78, 5) is 23.6. The molecule has 0 bridgehead atoms. The smallest absolute Gasteiger partial charge is 0.262 e. The van der Waals surface area contributed by atoms with E-state index in [1.54, 1.807) is 12.3 Å². The summed E-state index contributed by atoms with van der Waals surface area (Å²) in [5.41, 5.74) is -0.185. The van der Waals surface area contributed by atoms with Crippen molar-refractivity contribution in [1.29, 1.82) is 0 Å². The maximum Gasteiger partial charge on any atom is 0.262 e. The van der Waals surface area contributed by atoms with Gasteiger partial charge in [0.05, 0.1) is 11.7 Å². The number of halogens is 2. The quantitative estimate of drug-likeness (QED) is 0.633. The molecule has 2 fully saturated rings. The standard InChI is InChI=1S/C23H29F2N5O2/c24-16-1-6-19(20(25)13-16)22(32)30(14-15-7-10-26-11-8-15)21-9-12-27-23(29-21)28-17-2-4-18(31)5-3-17/h1,6,9,12-13,15,17-18,26,31H,2-5,7-8,10-11,14H2,(H,27,28,29). The van der Waals surface area contributed by atoms with Crippen LogP contribution in [0.3, 0.4) is 0 Å². The van der Waals surface area contributed by atoms with Crippen LogP contribution in [0, 0.1) is 17.6 Å². The number of piperidine rings is 1. The first-order valence-electron chi connectivity index (χ1n) is 11.2. The van der Waals surface area contributed by atoms with Gasteiger partial charge in [-0.15, -0.1) is 0 Å². The summed E-state index contributed by atoms with van der Waals surface area (Å²) in [6.45, 7) is 2.12. The van der Waals surface area contributed by atoms with E-state index in [1.807, 2.05) is 0 Å². The normalized spacial score (nSPS) is 21.8. The Morgan fingerprint density at radius 2 is 1.88 bits per heavy atom. The summed E-state index contributed by atoms with van der Waals surface area (Å²) in [6, 6.07) is 4.77. The van der Waals surface area contributed by atoms with Crippen LogP contribution in [0.1, 0.15) is 48.9 Å². The number of anilines is 2. The Labute approximate surface area is 186 Å². The van der Waals surface area contributed by atoms with Crippen molar-refractivity contribution in [2.24, 2.45) is 5.92 Å². The second kappa shape index (κ2) is 10.3. The van der Waals surface area contributed by atoms with Gasteiger partial charge in [0.2, 0.25) is 5.95 Å². The molecule has 1 aliphatic carbocycles. The Balaban J connectivity index is 1.58. The van der Waals surface area contributed by atoms with Crippen molar-refractivity contribution in [3.05, 3.63) is 47.7 Å². The first-order chi connectivity index (χ1) is 15.5. The van der Waals surface area contributed by atoms with Gasteiger partial charge in [0.25, 0.3) is 5.91 Å². The molecule has 2 aromatic rings. The predicted octanol–water partition coefficient (Wildman–Crippen LogP) is 3.12. The second-order valence-electron chi connectivity index (χ2n) is 8.62. The van der Waals surface area contributed by atoms with Crippen LogP contribution in [0.5, 0.6) is 0 Å². The number of rotatable bonds is 6. The summed E-state index contributed by atoms with van der Waals surface area (Å²) in [5, 5.41) is 16.3. The highest BCUT2D eigenvalue weighted by molar-refractivity contribution is 6.05. The first kappa shape index (κ1) is 22.5. The molecule has 0 spiro atoms. The third kappa shape index (κ3) is 5.58. The number of amides is 1. The molecule has 2 aliphatic rings. The average molecular weight is 446 g/mol. The number of nitrogens with one attached hydrogen (secondary N) is 2. The largest absolute Gasteiger partial charge is 0.393 e. The Hall–Kier alpha value is -2.65. The number of hydrogen-bond donors (Lipinski definition) is 3. The number of hydrogen-bond acceptors (Lipinski definition) is 6. The average Bonchev–Trinajstić information content (AvgIpc) is 2.79. The Morgan fingerprint density at radius 3 is 2.59 bits per heavy atom. The first-order valence-corrected chi connectivity index (χ1v) is 11.2. The molecule has 1 aromatic carbocycles. The lowest BCUT2D eigenvalue weighted by Crippen LogP contribution is -2.40. The van der Waals surface area contributed by atoms with Crippen molar-refractivity contribution in [1.82, 2.24) is 15.3 Å². The zero-order valence-corrected chi connectivity index (χ0v) is 17.9. The van der Waals surface area contributed by atoms with E-state index in [0.717, 1.165) is 63.7 Å². The van der Waals surface area contributed by atoms with Gasteiger partial charge in [0.15, 0.2) is 0 Å². The van der Waals surface area contributed by atoms with Crippen molar-refractivity contribution in [2.75, 3.05) is 29.9 Å². The van der Waals surface area contributed by atoms with E-state index in [1.165, 1.54) is 11.0 Å². The molecule has 172 valence electrons. The SMILES string of the molecule is O=C(c1ccc(F)cc1F)N(CC1CCNCC1)c1ccnc(NC2CCC(O)CC2)n1. The topological polar surface area (TPSA) is 90.4 Å². The van der Waals surface area contributed by atoms with E-state index < -0.39 is 17.5 Å². The number of aliphatic hydroxyl groups excluding tert-OH is 1. The second-order valence-corrected chi connectivity index (χ2v) is 8.62. The third-order valence-electron chi connectivity index (χ3n) is 6.25. The highest BCUT2D eigenvalue weighted by Crippen LogP contribution is 2.25. The van der Waals surface area contributed by atoms with Gasteiger partial charge in [-0.3, -0.25) is 9.69 Å². The van der Waals surface area contributed by atoms with Crippen molar-refractivity contribution in [3.63, 3.8) is 0 Å². The van der Waals surface area contributed by atoms with E-state index in [4.69, 9.17) is 0 Å². The molecular formula is C23H29F2N5O2. The zero-order valence-electron chi connectivity index (χ0n) is 17.9. The minimum atomic E-state index is -0.890. The maximum absolute atomic E-state index is 14.4. The van der Waals surface area contributed by atoms with Crippen LogP contribution in [-0.2, 0) is 0 Å². The van der Waals surface area contributed by atoms with Crippen LogP contribution in [0.2, 0.25) is 0 Å². The van der Waals surface area contributed by atoms with E-state index >= 15 is 0 Å². The van der Waals surface area contributed by atoms with Gasteiger partial charge in [-0.05, 0) is 75.7 Å². The molecule has 0 unspecified atom stereocenters. The Kier molecular flexibility index (Phi) is 7.26. The van der Waals surface area contributed by atoms with Crippen LogP contribution < -0.4 is 15.5 Å². The Morgan fingerprint density at radius 1 is 1.12 bits per heavy atom. The van der Waals surface area contributed by atoms with E-state index in [2.05, 4.69) is 20.6 Å². The molecule has 1 aliphatic heterocycles. The van der Waals surface area contributed by atoms with Gasteiger partial charge in [-0.1, -0.05) is 0 Å². The number of aromatic nitrogens is 2. The number of carbonyl (C=O) groups is 1. The van der Waals surface area contributed by atoms with Crippen LogP contribution in [0.4, 0.5) is 20.5 Å². The van der Waals surface area contributed by atoms with Gasteiger partial charge >= 0.3 is 0 Å². The molecule has 1 saturated heterocycles. The van der Waals surface area contributed by atoms with Gasteiger partial charge in [0.1, 0.15) is 17.5 Å². The molecule has 9 heteroatoms. The predicted molar refractivity (Wildman–Crippen MR) is 118 cm³/mol. The summed E-state index contributed by atoms with van der Waals surface area (Å²) in [6.07, 6.45) is 6.19. The monoisotopic (exact) mass is 445 g/mol. The Bertz CT molecular complexity index is 930. The van der Waals surface area contributed by atoms with Crippen LogP contribution in [-0.4, -0.2) is 52.8 Å². The maximum atomic E-state index is 14.4. The van der Waals surface area contributed by atoms with E-state index in [0.29, 0.717) is 18.3 Å². The fourth-order valence-corrected chi connectivity index (χ4v) is 4.38. The van der Waals surface area contributed by atoms with Crippen LogP contribution >= 0.6 is 0 Å². The zero-order chi connectivity index (χ0) is 22.5. The van der Waals surface area contributed by atoms with Gasteiger partial charge in [-0.25, -0.2) is 13.8 Å². The molecule has 2 heterocycles. The molecule has 4 rings (SSSR count). The highest BCUT2D eigenvalue weighted by Gasteiger charge is 2.27. The lowest BCUT2D eigenvalue weighted by molar-refractivity contribution is 0.0976. The molecule has 1 saturated carbocycles. The summed E-state index contributed by atoms with van der Waals surface area (Å²) in [7, 11) is 0. The van der Waals surface area contributed by atoms with E-state index in [9.17, 15) is 18.7 Å². The van der Waals surface area contributed by atoms with Crippen LogP contribution in [0.15, 0.2) is 30.5 Å². The third-order valence-corrected chi connectivity index (χ3v) is 6.25. The van der Waals surface area contributed by atoms with E-state index in [-0.39, 0.29) is 23.6 Å². The summed E-state index contributed by atoms with van der Waals surface area (Å²) in [5.74, 6) is -1.15. The van der Waals surface area contributed by atoms with Crippen LogP contribution in [0.25, 0.3) is 0 Å². The molecule has 0 atom stereocenters. The molecule has 1 amide bonds. The number of aliphatic hydroxyl groups is 1. The van der Waals surface area contributed by atoms with Crippen molar-refractivity contribution in [3.8, 4) is 0 Å². The number of nitrogens with zero attached hydrogens (tertiary/aromatic N) is 3. The molecule has 3 N–H and O–H groups in total. The number of benzene rings is 1. The van der Waals surface area contributed by atoms with Crippen molar-refractivity contribution < 1.29 is 18.7 Å². The number of carbonyl (C=O) groups excluding carboxylic acids is 1. The van der Waals surface area contributed by atoms with Crippen molar-refractivity contribution >= 4 is 17.7 Å². The summed E-state index contributed by atoms with van der Waals surface area (Å²) < 4.78 is 27.8. The minimum absolute atomic E-state index is 0.150. The van der Waals surface area contributed by atoms with Gasteiger partial charge in [0, 0.05) is 24.8 Å². The van der Waals surface area contributed by atoms with Gasteiger partial charge < -0.3 is 15.7 Å². The molecule has 7 nitrogen and oxygen atoms in total. The highest BCUT2D eigenvalue weighted by atomic mass is 19.1. The lowest BCUT2D eigenvalue weighted by atomic mass is 9.93.